The van der Waals surface area contributed by atoms with Gasteiger partial charge in [-0.15, -0.1) is 0 Å². The number of thiophene rings is 1. The van der Waals surface area contributed by atoms with Crippen molar-refractivity contribution in [3.63, 3.8) is 0 Å². The average molecular weight is 270 g/mol. The van der Waals surface area contributed by atoms with Crippen LogP contribution in [0.3, 0.4) is 0 Å². The second kappa shape index (κ2) is 6.15. The van der Waals surface area contributed by atoms with Crippen molar-refractivity contribution in [2.75, 3.05) is 6.54 Å². The standard InChI is InChI=1S/C13H13ClFNS/c14-13-7-12(15)2-1-11(13)8-16-5-3-10-4-6-17-9-10/h1-2,4,6-7,9,16H,3,5,8H2. The van der Waals surface area contributed by atoms with Crippen LogP contribution in [-0.2, 0) is 13.0 Å². The van der Waals surface area contributed by atoms with E-state index in [2.05, 4.69) is 22.1 Å². The largest absolute Gasteiger partial charge is 0.312 e. The summed E-state index contributed by atoms with van der Waals surface area (Å²) < 4.78 is 12.8. The molecule has 90 valence electrons. The van der Waals surface area contributed by atoms with E-state index in [1.165, 1.54) is 17.7 Å². The maximum Gasteiger partial charge on any atom is 0.124 e. The van der Waals surface area contributed by atoms with Gasteiger partial charge in [-0.1, -0.05) is 17.7 Å². The SMILES string of the molecule is Fc1ccc(CNCCc2ccsc2)c(Cl)c1. The first kappa shape index (κ1) is 12.6. The van der Waals surface area contributed by atoms with Crippen LogP contribution < -0.4 is 5.32 Å². The lowest BCUT2D eigenvalue weighted by atomic mass is 10.2. The maximum atomic E-state index is 12.8. The Bertz CT molecular complexity index is 470. The van der Waals surface area contributed by atoms with Gasteiger partial charge in [0.1, 0.15) is 5.82 Å². The number of nitrogens with one attached hydrogen (secondary N) is 1. The fraction of sp³-hybridized carbons (Fsp3) is 0.231. The van der Waals surface area contributed by atoms with Gasteiger partial charge in [-0.05, 0) is 53.1 Å². The molecule has 1 heterocycles. The van der Waals surface area contributed by atoms with Crippen molar-refractivity contribution >= 4 is 22.9 Å². The van der Waals surface area contributed by atoms with Crippen LogP contribution in [0, 0.1) is 5.82 Å². The van der Waals surface area contributed by atoms with E-state index in [1.54, 1.807) is 17.4 Å². The number of rotatable bonds is 5. The molecular formula is C13H13ClFNS. The summed E-state index contributed by atoms with van der Waals surface area (Å²) in [6.45, 7) is 1.56. The normalized spacial score (nSPS) is 10.7. The Morgan fingerprint density at radius 2 is 2.18 bits per heavy atom. The van der Waals surface area contributed by atoms with Gasteiger partial charge < -0.3 is 5.32 Å². The minimum Gasteiger partial charge on any atom is -0.312 e. The molecule has 0 radical (unpaired) electrons. The molecule has 0 saturated heterocycles. The fourth-order valence-corrected chi connectivity index (χ4v) is 2.49. The zero-order chi connectivity index (χ0) is 12.1. The molecule has 0 unspecified atom stereocenters. The zero-order valence-corrected chi connectivity index (χ0v) is 10.8. The molecule has 2 rings (SSSR count). The Balaban J connectivity index is 1.78. The summed E-state index contributed by atoms with van der Waals surface area (Å²) in [5.74, 6) is -0.294. The third-order valence-corrected chi connectivity index (χ3v) is 3.59. The van der Waals surface area contributed by atoms with E-state index in [-0.39, 0.29) is 5.82 Å². The van der Waals surface area contributed by atoms with Gasteiger partial charge in [-0.25, -0.2) is 4.39 Å². The first-order valence-electron chi connectivity index (χ1n) is 5.41. The Labute approximate surface area is 109 Å². The molecule has 17 heavy (non-hydrogen) atoms. The molecule has 0 aliphatic carbocycles. The van der Waals surface area contributed by atoms with Crippen LogP contribution in [0.15, 0.2) is 35.0 Å². The predicted octanol–water partition coefficient (Wildman–Crippen LogP) is 3.87. The summed E-state index contributed by atoms with van der Waals surface area (Å²) in [5, 5.41) is 8.00. The molecule has 1 aromatic carbocycles. The Kier molecular flexibility index (Phi) is 4.54. The topological polar surface area (TPSA) is 12.0 Å². The van der Waals surface area contributed by atoms with Gasteiger partial charge in [0.15, 0.2) is 0 Å². The predicted molar refractivity (Wildman–Crippen MR) is 71.1 cm³/mol. The van der Waals surface area contributed by atoms with E-state index in [1.807, 2.05) is 0 Å². The van der Waals surface area contributed by atoms with Crippen LogP contribution in [-0.4, -0.2) is 6.54 Å². The third-order valence-electron chi connectivity index (χ3n) is 2.50. The van der Waals surface area contributed by atoms with Gasteiger partial charge in [-0.3, -0.25) is 0 Å². The highest BCUT2D eigenvalue weighted by atomic mass is 35.5. The molecule has 0 fully saturated rings. The summed E-state index contributed by atoms with van der Waals surface area (Å²) in [6, 6.07) is 6.62. The van der Waals surface area contributed by atoms with Gasteiger partial charge in [0.25, 0.3) is 0 Å². The second-order valence-corrected chi connectivity index (χ2v) is 4.98. The van der Waals surface area contributed by atoms with Gasteiger partial charge in [0.2, 0.25) is 0 Å². The first-order chi connectivity index (χ1) is 8.25. The van der Waals surface area contributed by atoms with E-state index in [9.17, 15) is 4.39 Å². The molecular weight excluding hydrogens is 257 g/mol. The molecule has 0 bridgehead atoms. The van der Waals surface area contributed by atoms with Crippen LogP contribution in [0.1, 0.15) is 11.1 Å². The molecule has 0 saturated carbocycles. The quantitative estimate of drug-likeness (QED) is 0.813. The van der Waals surface area contributed by atoms with Crippen molar-refractivity contribution in [3.8, 4) is 0 Å². The summed E-state index contributed by atoms with van der Waals surface area (Å²) >= 11 is 7.64. The number of hydrogen-bond acceptors (Lipinski definition) is 2. The van der Waals surface area contributed by atoms with Crippen molar-refractivity contribution in [2.24, 2.45) is 0 Å². The first-order valence-corrected chi connectivity index (χ1v) is 6.73. The van der Waals surface area contributed by atoms with Crippen molar-refractivity contribution in [1.82, 2.24) is 5.32 Å². The molecule has 0 aliphatic heterocycles. The van der Waals surface area contributed by atoms with Crippen molar-refractivity contribution in [3.05, 3.63) is 57.0 Å². The van der Waals surface area contributed by atoms with E-state index in [4.69, 9.17) is 11.6 Å². The van der Waals surface area contributed by atoms with Gasteiger partial charge in [0.05, 0.1) is 0 Å². The van der Waals surface area contributed by atoms with Crippen LogP contribution in [0.25, 0.3) is 0 Å². The van der Waals surface area contributed by atoms with Gasteiger partial charge in [0, 0.05) is 11.6 Å². The molecule has 1 aromatic heterocycles. The molecule has 4 heteroatoms. The average Bonchev–Trinajstić information content (AvgIpc) is 2.79. The lowest BCUT2D eigenvalue weighted by molar-refractivity contribution is 0.625. The monoisotopic (exact) mass is 269 g/mol. The summed E-state index contributed by atoms with van der Waals surface area (Å²) in [4.78, 5) is 0. The maximum absolute atomic E-state index is 12.8. The lowest BCUT2D eigenvalue weighted by Gasteiger charge is -2.06. The van der Waals surface area contributed by atoms with E-state index in [0.29, 0.717) is 11.6 Å². The van der Waals surface area contributed by atoms with Crippen LogP contribution in [0.2, 0.25) is 5.02 Å². The summed E-state index contributed by atoms with van der Waals surface area (Å²) in [6.07, 6.45) is 1.00. The van der Waals surface area contributed by atoms with Gasteiger partial charge >= 0.3 is 0 Å². The minimum atomic E-state index is -0.294. The number of hydrogen-bond donors (Lipinski definition) is 1. The van der Waals surface area contributed by atoms with Crippen molar-refractivity contribution in [1.29, 1.82) is 0 Å². The van der Waals surface area contributed by atoms with Crippen LogP contribution >= 0.6 is 22.9 Å². The molecule has 0 amide bonds. The van der Waals surface area contributed by atoms with E-state index in [0.717, 1.165) is 18.5 Å². The summed E-state index contributed by atoms with van der Waals surface area (Å²) in [7, 11) is 0. The Morgan fingerprint density at radius 1 is 1.29 bits per heavy atom. The number of halogens is 2. The highest BCUT2D eigenvalue weighted by Crippen LogP contribution is 2.16. The Hall–Kier alpha value is -0.900. The number of benzene rings is 1. The smallest absolute Gasteiger partial charge is 0.124 e. The molecule has 0 spiro atoms. The second-order valence-electron chi connectivity index (χ2n) is 3.79. The highest BCUT2D eigenvalue weighted by Gasteiger charge is 2.01. The molecule has 1 nitrogen and oxygen atoms in total. The zero-order valence-electron chi connectivity index (χ0n) is 9.25. The Morgan fingerprint density at radius 3 is 2.88 bits per heavy atom. The lowest BCUT2D eigenvalue weighted by Crippen LogP contribution is -2.16. The molecule has 0 atom stereocenters. The summed E-state index contributed by atoms with van der Waals surface area (Å²) in [5.41, 5.74) is 2.27. The van der Waals surface area contributed by atoms with Crippen molar-refractivity contribution in [2.45, 2.75) is 13.0 Å². The molecule has 0 aliphatic rings. The van der Waals surface area contributed by atoms with E-state index >= 15 is 0 Å². The highest BCUT2D eigenvalue weighted by molar-refractivity contribution is 7.07. The third kappa shape index (κ3) is 3.80. The minimum absolute atomic E-state index is 0.294. The van der Waals surface area contributed by atoms with E-state index < -0.39 is 0 Å². The molecule has 2 aromatic rings. The van der Waals surface area contributed by atoms with Crippen molar-refractivity contribution < 1.29 is 4.39 Å². The molecule has 1 N–H and O–H groups in total. The van der Waals surface area contributed by atoms with Crippen LogP contribution in [0.5, 0.6) is 0 Å². The van der Waals surface area contributed by atoms with Gasteiger partial charge in [-0.2, -0.15) is 11.3 Å². The fourth-order valence-electron chi connectivity index (χ4n) is 1.56. The van der Waals surface area contributed by atoms with Crippen LogP contribution in [0.4, 0.5) is 4.39 Å².